The Kier molecular flexibility index (Phi) is 7.28. The predicted molar refractivity (Wildman–Crippen MR) is 118 cm³/mol. The van der Waals surface area contributed by atoms with Crippen LogP contribution in [0.15, 0.2) is 46.8 Å². The monoisotopic (exact) mass is 414 g/mol. The molecule has 0 radical (unpaired) electrons. The van der Waals surface area contributed by atoms with Crippen LogP contribution in [0.2, 0.25) is 0 Å². The van der Waals surface area contributed by atoms with Gasteiger partial charge in [-0.2, -0.15) is 0 Å². The summed E-state index contributed by atoms with van der Waals surface area (Å²) in [6.45, 7) is 6.97. The van der Waals surface area contributed by atoms with Crippen LogP contribution >= 0.6 is 11.3 Å². The zero-order valence-electron chi connectivity index (χ0n) is 17.1. The topological polar surface area (TPSA) is 77.0 Å². The number of rotatable bonds is 8. The molecule has 1 aromatic heterocycles. The van der Waals surface area contributed by atoms with E-state index in [1.165, 1.54) is 0 Å². The van der Waals surface area contributed by atoms with E-state index >= 15 is 0 Å². The maximum Gasteiger partial charge on any atom is 0.222 e. The maximum absolute atomic E-state index is 11.9. The van der Waals surface area contributed by atoms with E-state index in [2.05, 4.69) is 27.8 Å². The molecular formula is C22H30N4O2S. The van der Waals surface area contributed by atoms with Crippen LogP contribution in [-0.4, -0.2) is 41.5 Å². The van der Waals surface area contributed by atoms with Gasteiger partial charge in [0, 0.05) is 30.9 Å². The number of guanidine groups is 1. The van der Waals surface area contributed by atoms with Gasteiger partial charge in [0.05, 0.1) is 13.1 Å². The number of amides is 1. The van der Waals surface area contributed by atoms with E-state index in [1.807, 2.05) is 41.5 Å². The van der Waals surface area contributed by atoms with Crippen LogP contribution in [0.1, 0.15) is 42.7 Å². The van der Waals surface area contributed by atoms with Crippen LogP contribution in [0.3, 0.4) is 0 Å². The molecular weight excluding hydrogens is 384 g/mol. The Balaban J connectivity index is 1.61. The molecule has 6 nitrogen and oxygen atoms in total. The minimum atomic E-state index is -0.952. The summed E-state index contributed by atoms with van der Waals surface area (Å²) in [4.78, 5) is 19.4. The molecule has 1 unspecified atom stereocenters. The lowest BCUT2D eigenvalue weighted by Gasteiger charge is -2.23. The molecule has 7 heteroatoms. The number of carbonyl (C=O) groups is 1. The summed E-state index contributed by atoms with van der Waals surface area (Å²) in [6.07, 6.45) is 1.62. The molecule has 1 aliphatic heterocycles. The van der Waals surface area contributed by atoms with Crippen molar-refractivity contribution in [1.82, 2.24) is 15.5 Å². The number of carbonyl (C=O) groups excluding carboxylic acids is 1. The minimum absolute atomic E-state index is 0.241. The first kappa shape index (κ1) is 21.3. The average molecular weight is 415 g/mol. The number of aliphatic imine (C=N–C) groups is 1. The smallest absolute Gasteiger partial charge is 0.222 e. The van der Waals surface area contributed by atoms with Crippen molar-refractivity contribution in [1.29, 1.82) is 0 Å². The van der Waals surface area contributed by atoms with Crippen LogP contribution in [0.25, 0.3) is 0 Å². The van der Waals surface area contributed by atoms with E-state index in [0.29, 0.717) is 32.0 Å². The van der Waals surface area contributed by atoms with E-state index in [-0.39, 0.29) is 5.91 Å². The second-order valence-electron chi connectivity index (χ2n) is 7.54. The van der Waals surface area contributed by atoms with Crippen molar-refractivity contribution in [2.75, 3.05) is 19.6 Å². The highest BCUT2D eigenvalue weighted by Crippen LogP contribution is 2.24. The third-order valence-electron chi connectivity index (χ3n) is 4.95. The predicted octanol–water partition coefficient (Wildman–Crippen LogP) is 2.83. The van der Waals surface area contributed by atoms with Crippen LogP contribution in [0.5, 0.6) is 0 Å². The molecule has 29 heavy (non-hydrogen) atoms. The lowest BCUT2D eigenvalue weighted by molar-refractivity contribution is -0.128. The fourth-order valence-corrected chi connectivity index (χ4v) is 4.14. The number of hydrogen-bond donors (Lipinski definition) is 3. The second kappa shape index (κ2) is 9.89. The normalized spacial score (nSPS) is 16.7. The zero-order valence-corrected chi connectivity index (χ0v) is 18.0. The summed E-state index contributed by atoms with van der Waals surface area (Å²) < 4.78 is 0. The molecule has 1 amide bonds. The lowest BCUT2D eigenvalue weighted by Crippen LogP contribution is -2.44. The van der Waals surface area contributed by atoms with Gasteiger partial charge in [-0.15, -0.1) is 11.3 Å². The summed E-state index contributed by atoms with van der Waals surface area (Å²) >= 11 is 1.54. The Labute approximate surface area is 176 Å². The molecule has 156 valence electrons. The largest absolute Gasteiger partial charge is 0.383 e. The molecule has 0 aliphatic carbocycles. The van der Waals surface area contributed by atoms with Crippen molar-refractivity contribution in [2.24, 2.45) is 4.99 Å². The van der Waals surface area contributed by atoms with E-state index in [0.717, 1.165) is 35.5 Å². The van der Waals surface area contributed by atoms with Gasteiger partial charge in [0.2, 0.25) is 5.91 Å². The Morgan fingerprint density at radius 3 is 2.79 bits per heavy atom. The van der Waals surface area contributed by atoms with E-state index < -0.39 is 5.60 Å². The van der Waals surface area contributed by atoms with Crippen molar-refractivity contribution >= 4 is 23.2 Å². The molecule has 1 saturated heterocycles. The lowest BCUT2D eigenvalue weighted by atomic mass is 10.1. The highest BCUT2D eigenvalue weighted by atomic mass is 32.1. The molecule has 3 rings (SSSR count). The molecule has 2 heterocycles. The Morgan fingerprint density at radius 1 is 1.28 bits per heavy atom. The Hall–Kier alpha value is -2.38. The van der Waals surface area contributed by atoms with Crippen LogP contribution < -0.4 is 10.6 Å². The van der Waals surface area contributed by atoms with Gasteiger partial charge in [-0.3, -0.25) is 4.79 Å². The molecule has 1 aromatic carbocycles. The highest BCUT2D eigenvalue weighted by molar-refractivity contribution is 7.10. The quantitative estimate of drug-likeness (QED) is 0.459. The number of benzene rings is 1. The highest BCUT2D eigenvalue weighted by Gasteiger charge is 2.24. The second-order valence-corrected chi connectivity index (χ2v) is 8.49. The van der Waals surface area contributed by atoms with Gasteiger partial charge in [0.15, 0.2) is 5.96 Å². The number of nitrogens with one attached hydrogen (secondary N) is 2. The molecule has 0 saturated carbocycles. The van der Waals surface area contributed by atoms with Crippen molar-refractivity contribution in [3.63, 3.8) is 0 Å². The fourth-order valence-electron chi connectivity index (χ4n) is 3.36. The molecule has 1 atom stereocenters. The average Bonchev–Trinajstić information content (AvgIpc) is 3.37. The standard InChI is InChI=1S/C22H30N4O2S/c1-3-23-21(25-16-22(2,28)19-9-6-12-29-19)24-14-17-7-4-8-18(13-17)15-26-11-5-10-20(26)27/h4,6-9,12-13,28H,3,5,10-11,14-16H2,1-2H3,(H2,23,24,25). The third kappa shape index (κ3) is 6.05. The van der Waals surface area contributed by atoms with E-state index in [1.54, 1.807) is 18.3 Å². The summed E-state index contributed by atoms with van der Waals surface area (Å²) in [5, 5.41) is 19.1. The number of hydrogen-bond acceptors (Lipinski definition) is 4. The summed E-state index contributed by atoms with van der Waals surface area (Å²) in [6, 6.07) is 12.1. The first-order valence-electron chi connectivity index (χ1n) is 10.1. The van der Waals surface area contributed by atoms with Crippen molar-refractivity contribution in [3.8, 4) is 0 Å². The molecule has 1 aliphatic rings. The van der Waals surface area contributed by atoms with Gasteiger partial charge in [-0.1, -0.05) is 30.3 Å². The summed E-state index contributed by atoms with van der Waals surface area (Å²) in [5.74, 6) is 0.911. The van der Waals surface area contributed by atoms with Gasteiger partial charge in [-0.05, 0) is 42.8 Å². The van der Waals surface area contributed by atoms with Crippen LogP contribution in [0.4, 0.5) is 0 Å². The maximum atomic E-state index is 11.9. The van der Waals surface area contributed by atoms with Crippen LogP contribution in [0, 0.1) is 0 Å². The fraction of sp³-hybridized carbons (Fsp3) is 0.455. The first-order chi connectivity index (χ1) is 14.0. The molecule has 0 bridgehead atoms. The van der Waals surface area contributed by atoms with E-state index in [4.69, 9.17) is 0 Å². The SMILES string of the molecule is CCNC(=NCc1cccc(CN2CCCC2=O)c1)NCC(C)(O)c1cccs1. The molecule has 3 N–H and O–H groups in total. The van der Waals surface area contributed by atoms with Gasteiger partial charge >= 0.3 is 0 Å². The number of likely N-dealkylation sites (tertiary alicyclic amines) is 1. The number of nitrogens with zero attached hydrogens (tertiary/aromatic N) is 2. The Bertz CT molecular complexity index is 833. The zero-order chi connectivity index (χ0) is 20.7. The molecule has 1 fully saturated rings. The summed E-state index contributed by atoms with van der Waals surface area (Å²) in [7, 11) is 0. The van der Waals surface area contributed by atoms with Crippen molar-refractivity contribution in [3.05, 3.63) is 57.8 Å². The molecule has 2 aromatic rings. The number of aliphatic hydroxyl groups is 1. The van der Waals surface area contributed by atoms with Gasteiger partial charge in [0.1, 0.15) is 5.60 Å². The van der Waals surface area contributed by atoms with Crippen molar-refractivity contribution in [2.45, 2.75) is 45.4 Å². The number of thiophene rings is 1. The summed E-state index contributed by atoms with van der Waals surface area (Å²) in [5.41, 5.74) is 1.27. The first-order valence-corrected chi connectivity index (χ1v) is 11.0. The van der Waals surface area contributed by atoms with Gasteiger partial charge < -0.3 is 20.6 Å². The van der Waals surface area contributed by atoms with Gasteiger partial charge in [-0.25, -0.2) is 4.99 Å². The minimum Gasteiger partial charge on any atom is -0.383 e. The van der Waals surface area contributed by atoms with Crippen molar-refractivity contribution < 1.29 is 9.90 Å². The Morgan fingerprint density at radius 2 is 2.10 bits per heavy atom. The van der Waals surface area contributed by atoms with Crippen LogP contribution in [-0.2, 0) is 23.5 Å². The van der Waals surface area contributed by atoms with Gasteiger partial charge in [0.25, 0.3) is 0 Å². The van der Waals surface area contributed by atoms with E-state index in [9.17, 15) is 9.90 Å². The molecule has 0 spiro atoms. The third-order valence-corrected chi connectivity index (χ3v) is 6.08.